The topological polar surface area (TPSA) is 15.3 Å². The number of hydrogen-bond donors (Lipinski definition) is 1. The summed E-state index contributed by atoms with van der Waals surface area (Å²) < 4.78 is 15.5. The van der Waals surface area contributed by atoms with Gasteiger partial charge < -0.3 is 10.2 Å². The average molecular weight is 548 g/mol. The maximum absolute atomic E-state index is 9.96. The lowest BCUT2D eigenvalue weighted by atomic mass is 10.0. The SMILES string of the molecule is Cc1ccc(N(Cc2ccc(C)c(C)c2)c2ccccc2)c(C)c1.Cc1ccc(Nc2ccccc2)c(C)c1.[2H]CF. The van der Waals surface area contributed by atoms with Crippen molar-refractivity contribution in [3.8, 4) is 0 Å². The maximum Gasteiger partial charge on any atom is 0.0785 e. The summed E-state index contributed by atoms with van der Waals surface area (Å²) in [5.74, 6) is 0. The van der Waals surface area contributed by atoms with Crippen molar-refractivity contribution in [3.63, 3.8) is 0 Å². The Hall–Kier alpha value is -4.37. The van der Waals surface area contributed by atoms with E-state index < -0.39 is 7.15 Å². The van der Waals surface area contributed by atoms with E-state index in [9.17, 15) is 4.39 Å². The van der Waals surface area contributed by atoms with Gasteiger partial charge in [0.15, 0.2) is 0 Å². The van der Waals surface area contributed by atoms with E-state index in [1.807, 2.05) is 18.2 Å². The number of anilines is 4. The van der Waals surface area contributed by atoms with Crippen molar-refractivity contribution < 1.29 is 5.76 Å². The van der Waals surface area contributed by atoms with Crippen LogP contribution < -0.4 is 10.2 Å². The number of hydrogen-bond acceptors (Lipinski definition) is 2. The van der Waals surface area contributed by atoms with Gasteiger partial charge in [0.1, 0.15) is 0 Å². The minimum absolute atomic E-state index is 0.870. The van der Waals surface area contributed by atoms with Crippen LogP contribution in [-0.4, -0.2) is 7.15 Å². The van der Waals surface area contributed by atoms with Gasteiger partial charge in [-0.15, -0.1) is 0 Å². The summed E-state index contributed by atoms with van der Waals surface area (Å²) in [6.45, 7) is 13.8. The third-order valence-electron chi connectivity index (χ3n) is 7.06. The second kappa shape index (κ2) is 15.4. The summed E-state index contributed by atoms with van der Waals surface area (Å²) in [6.07, 6.45) is 0. The molecule has 0 spiro atoms. The highest BCUT2D eigenvalue weighted by molar-refractivity contribution is 5.67. The first-order chi connectivity index (χ1) is 20.2. The Morgan fingerprint density at radius 3 is 1.78 bits per heavy atom. The quantitative estimate of drug-likeness (QED) is 0.227. The molecule has 0 saturated heterocycles. The minimum atomic E-state index is -1.00. The van der Waals surface area contributed by atoms with Crippen LogP contribution >= 0.6 is 0 Å². The number of para-hydroxylation sites is 2. The lowest BCUT2D eigenvalue weighted by Gasteiger charge is -2.27. The molecule has 0 fully saturated rings. The van der Waals surface area contributed by atoms with E-state index in [1.54, 1.807) is 0 Å². The Bertz CT molecular complexity index is 1530. The first-order valence-corrected chi connectivity index (χ1v) is 13.9. The molecule has 2 nitrogen and oxygen atoms in total. The van der Waals surface area contributed by atoms with Gasteiger partial charge in [-0.1, -0.05) is 90.0 Å². The fourth-order valence-corrected chi connectivity index (χ4v) is 4.75. The largest absolute Gasteiger partial charge is 0.355 e. The molecule has 5 rings (SSSR count). The monoisotopic (exact) mass is 547 g/mol. The fourth-order valence-electron chi connectivity index (χ4n) is 4.75. The molecule has 0 amide bonds. The van der Waals surface area contributed by atoms with Gasteiger partial charge in [0.05, 0.1) is 8.52 Å². The van der Waals surface area contributed by atoms with Crippen molar-refractivity contribution in [2.24, 2.45) is 0 Å². The smallest absolute Gasteiger partial charge is 0.0785 e. The molecule has 0 aliphatic heterocycles. The van der Waals surface area contributed by atoms with E-state index in [-0.39, 0.29) is 0 Å². The van der Waals surface area contributed by atoms with Gasteiger partial charge in [-0.05, 0) is 106 Å². The lowest BCUT2D eigenvalue weighted by Crippen LogP contribution is -2.17. The normalized spacial score (nSPS) is 10.4. The van der Waals surface area contributed by atoms with Crippen molar-refractivity contribution in [2.45, 2.75) is 48.1 Å². The van der Waals surface area contributed by atoms with Crippen LogP contribution in [0.1, 0.15) is 40.3 Å². The Kier molecular flexibility index (Phi) is 11.1. The highest BCUT2D eigenvalue weighted by Gasteiger charge is 2.13. The van der Waals surface area contributed by atoms with Crippen LogP contribution in [0.4, 0.5) is 27.1 Å². The number of nitrogens with one attached hydrogen (secondary N) is 1. The molecule has 0 bridgehead atoms. The van der Waals surface area contributed by atoms with Crippen LogP contribution in [0.2, 0.25) is 0 Å². The minimum Gasteiger partial charge on any atom is -0.355 e. The van der Waals surface area contributed by atoms with Gasteiger partial charge in [-0.3, -0.25) is 4.39 Å². The van der Waals surface area contributed by atoms with Crippen LogP contribution in [0, 0.1) is 41.5 Å². The second-order valence-corrected chi connectivity index (χ2v) is 10.4. The third kappa shape index (κ3) is 9.08. The molecular formula is C38H43FN2. The second-order valence-electron chi connectivity index (χ2n) is 10.4. The number of alkyl halides is 1. The van der Waals surface area contributed by atoms with E-state index in [0.29, 0.717) is 0 Å². The summed E-state index contributed by atoms with van der Waals surface area (Å²) in [6, 6.07) is 40.7. The summed E-state index contributed by atoms with van der Waals surface area (Å²) in [5.41, 5.74) is 14.0. The van der Waals surface area contributed by atoms with Crippen molar-refractivity contribution >= 4 is 22.7 Å². The van der Waals surface area contributed by atoms with E-state index in [2.05, 4.69) is 149 Å². The molecule has 0 atom stereocenters. The summed E-state index contributed by atoms with van der Waals surface area (Å²) in [7, 11) is -1.00. The summed E-state index contributed by atoms with van der Waals surface area (Å²) in [4.78, 5) is 2.40. The zero-order valence-electron chi connectivity index (χ0n) is 26.2. The van der Waals surface area contributed by atoms with Crippen LogP contribution in [-0.2, 0) is 6.54 Å². The Morgan fingerprint density at radius 1 is 0.610 bits per heavy atom. The average Bonchev–Trinajstić information content (AvgIpc) is 2.97. The molecule has 0 saturated carbocycles. The van der Waals surface area contributed by atoms with Gasteiger partial charge in [0.2, 0.25) is 0 Å². The van der Waals surface area contributed by atoms with Crippen LogP contribution in [0.5, 0.6) is 0 Å². The number of aryl methyl sites for hydroxylation is 6. The molecule has 5 aromatic rings. The Labute approximate surface area is 247 Å². The van der Waals surface area contributed by atoms with Gasteiger partial charge >= 0.3 is 0 Å². The summed E-state index contributed by atoms with van der Waals surface area (Å²) >= 11 is 0. The predicted molar refractivity (Wildman–Crippen MR) is 177 cm³/mol. The molecule has 41 heavy (non-hydrogen) atoms. The van der Waals surface area contributed by atoms with E-state index in [0.717, 1.165) is 12.2 Å². The Morgan fingerprint density at radius 2 is 1.20 bits per heavy atom. The van der Waals surface area contributed by atoms with Crippen LogP contribution in [0.15, 0.2) is 115 Å². The highest BCUT2D eigenvalue weighted by atomic mass is 19.1. The first kappa shape index (κ1) is 29.6. The van der Waals surface area contributed by atoms with E-state index in [4.69, 9.17) is 1.37 Å². The van der Waals surface area contributed by atoms with Crippen molar-refractivity contribution in [1.82, 2.24) is 0 Å². The molecule has 0 aliphatic rings. The molecule has 1 N–H and O–H groups in total. The predicted octanol–water partition coefficient (Wildman–Crippen LogP) is 10.9. The number of nitrogens with zero attached hydrogens (tertiary/aromatic N) is 1. The standard InChI is InChI=1S/C23H25N.C14H15N.CH3F/c1-17-10-13-23(20(4)14-17)24(22-8-6-5-7-9-22)16-21-12-11-18(2)19(3)15-21;1-11-8-9-14(12(2)10-11)15-13-6-4-3-5-7-13;1-2/h5-15H,16H2,1-4H3;3-10,15H,1-2H3;1H3/i;;1D. The number of halogens is 1. The Balaban J connectivity index is 0.000000230. The van der Waals surface area contributed by atoms with Gasteiger partial charge in [-0.2, -0.15) is 0 Å². The fraction of sp³-hybridized carbons (Fsp3) is 0.211. The molecule has 5 aromatic carbocycles. The number of benzene rings is 5. The third-order valence-corrected chi connectivity index (χ3v) is 7.06. The molecule has 0 unspecified atom stereocenters. The zero-order valence-corrected chi connectivity index (χ0v) is 25.2. The molecule has 3 heteroatoms. The molecule has 212 valence electrons. The van der Waals surface area contributed by atoms with E-state index in [1.165, 1.54) is 56.0 Å². The molecule has 0 aliphatic carbocycles. The molecule has 0 heterocycles. The molecule has 0 radical (unpaired) electrons. The lowest BCUT2D eigenvalue weighted by molar-refractivity contribution is 0.636. The zero-order chi connectivity index (χ0) is 30.5. The van der Waals surface area contributed by atoms with Gasteiger partial charge in [0, 0.05) is 29.3 Å². The van der Waals surface area contributed by atoms with Gasteiger partial charge in [0.25, 0.3) is 0 Å². The molecular weight excluding hydrogens is 503 g/mol. The van der Waals surface area contributed by atoms with Crippen LogP contribution in [0.3, 0.4) is 0 Å². The van der Waals surface area contributed by atoms with Crippen molar-refractivity contribution in [2.75, 3.05) is 17.4 Å². The van der Waals surface area contributed by atoms with E-state index >= 15 is 0 Å². The first-order valence-electron chi connectivity index (χ1n) is 14.6. The maximum atomic E-state index is 9.96. The van der Waals surface area contributed by atoms with Crippen molar-refractivity contribution in [1.29, 1.82) is 0 Å². The highest BCUT2D eigenvalue weighted by Crippen LogP contribution is 2.31. The molecule has 0 aromatic heterocycles. The van der Waals surface area contributed by atoms with Crippen LogP contribution in [0.25, 0.3) is 0 Å². The van der Waals surface area contributed by atoms with Gasteiger partial charge in [-0.25, -0.2) is 0 Å². The van der Waals surface area contributed by atoms with Crippen molar-refractivity contribution in [3.05, 3.63) is 154 Å². The number of rotatable bonds is 6. The summed E-state index contributed by atoms with van der Waals surface area (Å²) in [5, 5.41) is 3.40.